The predicted molar refractivity (Wildman–Crippen MR) is 68.4 cm³/mol. The van der Waals surface area contributed by atoms with E-state index >= 15 is 0 Å². The maximum absolute atomic E-state index is 11.8. The van der Waals surface area contributed by atoms with Gasteiger partial charge >= 0.3 is 12.0 Å². The number of carboxylic acid groups (broad SMARTS) is 1. The van der Waals surface area contributed by atoms with Crippen molar-refractivity contribution in [2.75, 3.05) is 13.1 Å². The van der Waals surface area contributed by atoms with Gasteiger partial charge in [-0.15, -0.1) is 0 Å². The molecule has 18 heavy (non-hydrogen) atoms. The minimum atomic E-state index is -1.01. The van der Waals surface area contributed by atoms with Crippen LogP contribution in [0.3, 0.4) is 0 Å². The van der Waals surface area contributed by atoms with Crippen LogP contribution in [0.15, 0.2) is 0 Å². The van der Waals surface area contributed by atoms with Crippen LogP contribution in [-0.4, -0.2) is 42.3 Å². The van der Waals surface area contributed by atoms with Crippen molar-refractivity contribution in [3.63, 3.8) is 0 Å². The molecule has 0 unspecified atom stereocenters. The van der Waals surface area contributed by atoms with Gasteiger partial charge in [0.1, 0.15) is 6.04 Å². The summed E-state index contributed by atoms with van der Waals surface area (Å²) in [4.78, 5) is 22.9. The van der Waals surface area contributed by atoms with Crippen molar-refractivity contribution in [1.29, 1.82) is 0 Å². The van der Waals surface area contributed by atoms with Crippen LogP contribution in [0, 0.1) is 5.41 Å². The molecular weight excluding hydrogens is 234 g/mol. The number of aliphatic carboxylic acids is 1. The van der Waals surface area contributed by atoms with Crippen LogP contribution in [0.1, 0.15) is 33.6 Å². The first-order chi connectivity index (χ1) is 8.30. The number of hydrogen-bond donors (Lipinski definition) is 4. The molecule has 1 aliphatic heterocycles. The van der Waals surface area contributed by atoms with Crippen LogP contribution in [0.5, 0.6) is 0 Å². The van der Waals surface area contributed by atoms with Gasteiger partial charge in [0, 0.05) is 6.04 Å². The van der Waals surface area contributed by atoms with Gasteiger partial charge in [0.2, 0.25) is 0 Å². The Balaban J connectivity index is 2.48. The monoisotopic (exact) mass is 257 g/mol. The number of carbonyl (C=O) groups is 2. The Hall–Kier alpha value is -1.30. The summed E-state index contributed by atoms with van der Waals surface area (Å²) in [5.74, 6) is -1.01. The summed E-state index contributed by atoms with van der Waals surface area (Å²) < 4.78 is 0. The van der Waals surface area contributed by atoms with E-state index in [1.54, 1.807) is 20.8 Å². The van der Waals surface area contributed by atoms with Gasteiger partial charge in [-0.2, -0.15) is 0 Å². The lowest BCUT2D eigenvalue weighted by atomic mass is 9.87. The van der Waals surface area contributed by atoms with Gasteiger partial charge in [0.05, 0.1) is 0 Å². The van der Waals surface area contributed by atoms with E-state index in [9.17, 15) is 9.59 Å². The van der Waals surface area contributed by atoms with Gasteiger partial charge in [-0.05, 0) is 31.3 Å². The topological polar surface area (TPSA) is 90.5 Å². The molecule has 0 aromatic carbocycles. The van der Waals surface area contributed by atoms with Gasteiger partial charge in [0.15, 0.2) is 0 Å². The van der Waals surface area contributed by atoms with Crippen LogP contribution in [0.25, 0.3) is 0 Å². The van der Waals surface area contributed by atoms with Gasteiger partial charge in [0.25, 0.3) is 0 Å². The molecule has 0 aliphatic carbocycles. The minimum Gasteiger partial charge on any atom is -0.480 e. The molecule has 104 valence electrons. The maximum atomic E-state index is 11.8. The highest BCUT2D eigenvalue weighted by molar-refractivity contribution is 5.83. The lowest BCUT2D eigenvalue weighted by molar-refractivity contribution is -0.141. The second-order valence-electron chi connectivity index (χ2n) is 5.78. The Bertz CT molecular complexity index is 306. The average Bonchev–Trinajstić information content (AvgIpc) is 2.25. The fourth-order valence-electron chi connectivity index (χ4n) is 1.97. The summed E-state index contributed by atoms with van der Waals surface area (Å²) in [6.45, 7) is 7.13. The Kier molecular flexibility index (Phi) is 4.95. The Labute approximate surface area is 108 Å². The van der Waals surface area contributed by atoms with E-state index in [-0.39, 0.29) is 6.04 Å². The molecule has 0 saturated carbocycles. The first kappa shape index (κ1) is 14.8. The zero-order valence-electron chi connectivity index (χ0n) is 11.2. The van der Waals surface area contributed by atoms with Crippen molar-refractivity contribution < 1.29 is 14.7 Å². The molecule has 1 heterocycles. The van der Waals surface area contributed by atoms with Gasteiger partial charge in [-0.25, -0.2) is 9.59 Å². The van der Waals surface area contributed by atoms with Gasteiger partial charge in [-0.3, -0.25) is 0 Å². The molecular formula is C12H23N3O3. The molecule has 1 saturated heterocycles. The number of nitrogens with one attached hydrogen (secondary N) is 3. The summed E-state index contributed by atoms with van der Waals surface area (Å²) in [5, 5.41) is 17.7. The zero-order chi connectivity index (χ0) is 13.8. The van der Waals surface area contributed by atoms with Gasteiger partial charge in [-0.1, -0.05) is 20.8 Å². The third kappa shape index (κ3) is 4.52. The van der Waals surface area contributed by atoms with E-state index in [0.717, 1.165) is 25.9 Å². The van der Waals surface area contributed by atoms with Crippen molar-refractivity contribution in [1.82, 2.24) is 16.0 Å². The van der Waals surface area contributed by atoms with E-state index in [0.29, 0.717) is 0 Å². The van der Waals surface area contributed by atoms with E-state index in [2.05, 4.69) is 16.0 Å². The number of urea groups is 1. The van der Waals surface area contributed by atoms with Crippen molar-refractivity contribution in [2.24, 2.45) is 5.41 Å². The van der Waals surface area contributed by atoms with Crippen molar-refractivity contribution in [3.05, 3.63) is 0 Å². The number of rotatable bonds is 3. The number of carbonyl (C=O) groups excluding carboxylic acids is 1. The van der Waals surface area contributed by atoms with E-state index in [4.69, 9.17) is 5.11 Å². The molecule has 6 nitrogen and oxygen atoms in total. The number of carboxylic acids is 1. The largest absolute Gasteiger partial charge is 0.480 e. The SMILES string of the molecule is CC(C)(C)[C@H](NC(=O)NC1CCNCC1)C(=O)O. The molecule has 1 atom stereocenters. The molecule has 0 aromatic rings. The molecule has 2 amide bonds. The molecule has 0 aromatic heterocycles. The molecule has 0 spiro atoms. The standard InChI is InChI=1S/C12H23N3O3/c1-12(2,3)9(10(16)17)15-11(18)14-8-4-6-13-7-5-8/h8-9,13H,4-7H2,1-3H3,(H,16,17)(H2,14,15,18)/t9-/m1/s1. The van der Waals surface area contributed by atoms with Crippen molar-refractivity contribution >= 4 is 12.0 Å². The summed E-state index contributed by atoms with van der Waals surface area (Å²) >= 11 is 0. The number of piperidine rings is 1. The number of amides is 2. The molecule has 0 bridgehead atoms. The summed E-state index contributed by atoms with van der Waals surface area (Å²) in [7, 11) is 0. The Morgan fingerprint density at radius 3 is 2.28 bits per heavy atom. The highest BCUT2D eigenvalue weighted by Gasteiger charge is 2.33. The highest BCUT2D eigenvalue weighted by atomic mass is 16.4. The molecule has 1 fully saturated rings. The summed E-state index contributed by atoms with van der Waals surface area (Å²) in [6.07, 6.45) is 1.75. The summed E-state index contributed by atoms with van der Waals surface area (Å²) in [6, 6.07) is -1.16. The zero-order valence-corrected chi connectivity index (χ0v) is 11.2. The van der Waals surface area contributed by atoms with Crippen LogP contribution < -0.4 is 16.0 Å². The molecule has 4 N–H and O–H groups in total. The fraction of sp³-hybridized carbons (Fsp3) is 0.833. The minimum absolute atomic E-state index is 0.126. The second kappa shape index (κ2) is 6.04. The van der Waals surface area contributed by atoms with Crippen LogP contribution in [0.2, 0.25) is 0 Å². The number of hydrogen-bond acceptors (Lipinski definition) is 3. The Morgan fingerprint density at radius 2 is 1.83 bits per heavy atom. The highest BCUT2D eigenvalue weighted by Crippen LogP contribution is 2.19. The third-order valence-electron chi connectivity index (χ3n) is 3.06. The Morgan fingerprint density at radius 1 is 1.28 bits per heavy atom. The van der Waals surface area contributed by atoms with Crippen LogP contribution in [0.4, 0.5) is 4.79 Å². The molecule has 1 rings (SSSR count). The predicted octanol–water partition coefficient (Wildman–Crippen LogP) is 0.537. The third-order valence-corrected chi connectivity index (χ3v) is 3.06. The first-order valence-electron chi connectivity index (χ1n) is 6.31. The summed E-state index contributed by atoms with van der Waals surface area (Å²) in [5.41, 5.74) is -0.517. The molecule has 1 aliphatic rings. The van der Waals surface area contributed by atoms with Crippen molar-refractivity contribution in [2.45, 2.75) is 45.7 Å². The van der Waals surface area contributed by atoms with E-state index < -0.39 is 23.5 Å². The van der Waals surface area contributed by atoms with Crippen molar-refractivity contribution in [3.8, 4) is 0 Å². The normalized spacial score (nSPS) is 19.1. The van der Waals surface area contributed by atoms with E-state index in [1.165, 1.54) is 0 Å². The quantitative estimate of drug-likeness (QED) is 0.594. The smallest absolute Gasteiger partial charge is 0.326 e. The van der Waals surface area contributed by atoms with E-state index in [1.807, 2.05) is 0 Å². The van der Waals surface area contributed by atoms with Crippen LogP contribution in [-0.2, 0) is 4.79 Å². The molecule has 0 radical (unpaired) electrons. The first-order valence-corrected chi connectivity index (χ1v) is 6.31. The second-order valence-corrected chi connectivity index (χ2v) is 5.78. The fourth-order valence-corrected chi connectivity index (χ4v) is 1.97. The lowest BCUT2D eigenvalue weighted by Crippen LogP contribution is -2.55. The molecule has 6 heteroatoms. The maximum Gasteiger partial charge on any atom is 0.326 e. The van der Waals surface area contributed by atoms with Crippen LogP contribution >= 0.6 is 0 Å². The van der Waals surface area contributed by atoms with Gasteiger partial charge < -0.3 is 21.1 Å². The average molecular weight is 257 g/mol. The lowest BCUT2D eigenvalue weighted by Gasteiger charge is -2.29.